The van der Waals surface area contributed by atoms with E-state index in [2.05, 4.69) is 16.4 Å². The number of carbonyl (C=O) groups excluding carboxylic acids is 1. The lowest BCUT2D eigenvalue weighted by Gasteiger charge is -2.08. The van der Waals surface area contributed by atoms with Gasteiger partial charge in [0.2, 0.25) is 5.89 Å². The van der Waals surface area contributed by atoms with E-state index in [1.54, 1.807) is 18.2 Å². The molecule has 1 N–H and O–H groups in total. The molecule has 0 radical (unpaired) electrons. The Morgan fingerprint density at radius 3 is 2.69 bits per heavy atom. The number of benzene rings is 3. The van der Waals surface area contributed by atoms with E-state index in [1.807, 2.05) is 44.2 Å². The summed E-state index contributed by atoms with van der Waals surface area (Å²) in [5.74, 6) is 0.764. The number of halogens is 1. The molecular formula is C23H19ClN2O3. The van der Waals surface area contributed by atoms with Crippen LogP contribution < -0.4 is 10.1 Å². The molecule has 0 bridgehead atoms. The standard InChI is InChI=1S/C23H19ClN2O3/c1-13-9-14(2)21-19(10-13)26-23(29-21)16-5-4-6-17(11-16)25-22(27)15-7-8-20(28-3)18(24)12-15/h4-12H,1-3H3,(H,25,27). The van der Waals surface area contributed by atoms with Crippen LogP contribution in [0.4, 0.5) is 5.69 Å². The van der Waals surface area contributed by atoms with Crippen molar-refractivity contribution in [2.24, 2.45) is 0 Å². The minimum absolute atomic E-state index is 0.268. The first-order valence-electron chi connectivity index (χ1n) is 9.08. The molecule has 0 atom stereocenters. The van der Waals surface area contributed by atoms with Gasteiger partial charge in [0.1, 0.15) is 11.3 Å². The second kappa shape index (κ2) is 7.60. The van der Waals surface area contributed by atoms with Gasteiger partial charge in [0.15, 0.2) is 5.58 Å². The molecule has 0 saturated carbocycles. The van der Waals surface area contributed by atoms with Crippen LogP contribution in [0.5, 0.6) is 5.75 Å². The van der Waals surface area contributed by atoms with E-state index in [-0.39, 0.29) is 5.91 Å². The van der Waals surface area contributed by atoms with Gasteiger partial charge in [-0.15, -0.1) is 0 Å². The zero-order valence-electron chi connectivity index (χ0n) is 16.2. The van der Waals surface area contributed by atoms with Gasteiger partial charge in [0.05, 0.1) is 12.1 Å². The molecule has 146 valence electrons. The highest BCUT2D eigenvalue weighted by molar-refractivity contribution is 6.32. The second-order valence-electron chi connectivity index (χ2n) is 6.83. The molecule has 3 aromatic carbocycles. The summed E-state index contributed by atoms with van der Waals surface area (Å²) in [6, 6.07) is 16.3. The molecule has 0 spiro atoms. The van der Waals surface area contributed by atoms with Gasteiger partial charge in [-0.1, -0.05) is 23.7 Å². The van der Waals surface area contributed by atoms with Crippen LogP contribution in [0.1, 0.15) is 21.5 Å². The quantitative estimate of drug-likeness (QED) is 0.449. The van der Waals surface area contributed by atoms with Crippen molar-refractivity contribution in [3.8, 4) is 17.2 Å². The van der Waals surface area contributed by atoms with Crippen LogP contribution in [0, 0.1) is 13.8 Å². The van der Waals surface area contributed by atoms with E-state index < -0.39 is 0 Å². The topological polar surface area (TPSA) is 64.4 Å². The highest BCUT2D eigenvalue weighted by Crippen LogP contribution is 2.29. The summed E-state index contributed by atoms with van der Waals surface area (Å²) < 4.78 is 11.1. The van der Waals surface area contributed by atoms with E-state index in [1.165, 1.54) is 7.11 Å². The summed E-state index contributed by atoms with van der Waals surface area (Å²) in [5, 5.41) is 3.26. The SMILES string of the molecule is COc1ccc(C(=O)Nc2cccc(-c3nc4cc(C)cc(C)c4o3)c2)cc1Cl. The van der Waals surface area contributed by atoms with Crippen molar-refractivity contribution >= 4 is 34.3 Å². The third kappa shape index (κ3) is 3.82. The van der Waals surface area contributed by atoms with Crippen LogP contribution in [-0.4, -0.2) is 18.0 Å². The molecule has 1 aromatic heterocycles. The van der Waals surface area contributed by atoms with Crippen LogP contribution in [0.15, 0.2) is 59.0 Å². The fourth-order valence-electron chi connectivity index (χ4n) is 3.24. The molecule has 1 heterocycles. The molecule has 6 heteroatoms. The van der Waals surface area contributed by atoms with Gasteiger partial charge in [-0.2, -0.15) is 0 Å². The Kier molecular flexibility index (Phi) is 4.99. The number of oxazole rings is 1. The molecule has 0 saturated heterocycles. The third-order valence-electron chi connectivity index (χ3n) is 4.60. The van der Waals surface area contributed by atoms with E-state index in [4.69, 9.17) is 20.8 Å². The summed E-state index contributed by atoms with van der Waals surface area (Å²) >= 11 is 6.12. The Bertz CT molecular complexity index is 1230. The maximum absolute atomic E-state index is 12.6. The minimum Gasteiger partial charge on any atom is -0.495 e. The van der Waals surface area contributed by atoms with Gasteiger partial charge in [0.25, 0.3) is 5.91 Å². The normalized spacial score (nSPS) is 10.9. The van der Waals surface area contributed by atoms with E-state index in [9.17, 15) is 4.79 Å². The van der Waals surface area contributed by atoms with Crippen molar-refractivity contribution in [2.45, 2.75) is 13.8 Å². The number of amides is 1. The largest absolute Gasteiger partial charge is 0.495 e. The fraction of sp³-hybridized carbons (Fsp3) is 0.130. The number of nitrogens with one attached hydrogen (secondary N) is 1. The smallest absolute Gasteiger partial charge is 0.255 e. The number of ether oxygens (including phenoxy) is 1. The number of carbonyl (C=O) groups is 1. The highest BCUT2D eigenvalue weighted by atomic mass is 35.5. The lowest BCUT2D eigenvalue weighted by Crippen LogP contribution is -2.11. The first kappa shape index (κ1) is 19.0. The first-order valence-corrected chi connectivity index (χ1v) is 9.45. The molecule has 0 fully saturated rings. The van der Waals surface area contributed by atoms with Gasteiger partial charge in [0, 0.05) is 16.8 Å². The lowest BCUT2D eigenvalue weighted by atomic mass is 10.1. The summed E-state index contributed by atoms with van der Waals surface area (Å²) in [5.41, 5.74) is 5.62. The van der Waals surface area contributed by atoms with Crippen LogP contribution in [0.25, 0.3) is 22.6 Å². The maximum atomic E-state index is 12.6. The average Bonchev–Trinajstić information content (AvgIpc) is 3.12. The number of hydrogen-bond donors (Lipinski definition) is 1. The number of fused-ring (bicyclic) bond motifs is 1. The molecule has 4 rings (SSSR count). The maximum Gasteiger partial charge on any atom is 0.255 e. The van der Waals surface area contributed by atoms with E-state index in [0.29, 0.717) is 27.9 Å². The van der Waals surface area contributed by atoms with E-state index >= 15 is 0 Å². The molecule has 4 aromatic rings. The lowest BCUT2D eigenvalue weighted by molar-refractivity contribution is 0.102. The minimum atomic E-state index is -0.268. The van der Waals surface area contributed by atoms with Crippen molar-refractivity contribution in [3.05, 3.63) is 76.3 Å². The van der Waals surface area contributed by atoms with Crippen LogP contribution in [0.3, 0.4) is 0 Å². The molecule has 0 aliphatic carbocycles. The van der Waals surface area contributed by atoms with Crippen molar-refractivity contribution in [3.63, 3.8) is 0 Å². The molecule has 0 unspecified atom stereocenters. The monoisotopic (exact) mass is 406 g/mol. The Labute approximate surface area is 173 Å². The van der Waals surface area contributed by atoms with Crippen molar-refractivity contribution in [2.75, 3.05) is 12.4 Å². The molecule has 1 amide bonds. The summed E-state index contributed by atoms with van der Waals surface area (Å²) in [4.78, 5) is 17.2. The van der Waals surface area contributed by atoms with Gasteiger partial charge < -0.3 is 14.5 Å². The number of aromatic nitrogens is 1. The van der Waals surface area contributed by atoms with Crippen LogP contribution in [-0.2, 0) is 0 Å². The molecule has 0 aliphatic rings. The van der Waals surface area contributed by atoms with Crippen molar-refractivity contribution < 1.29 is 13.9 Å². The fourth-order valence-corrected chi connectivity index (χ4v) is 3.50. The predicted molar refractivity (Wildman–Crippen MR) is 115 cm³/mol. The Hall–Kier alpha value is -3.31. The Morgan fingerprint density at radius 2 is 1.93 bits per heavy atom. The number of hydrogen-bond acceptors (Lipinski definition) is 4. The zero-order valence-corrected chi connectivity index (χ0v) is 17.0. The van der Waals surface area contributed by atoms with Gasteiger partial charge >= 0.3 is 0 Å². The Morgan fingerprint density at radius 1 is 1.10 bits per heavy atom. The Balaban J connectivity index is 1.61. The molecule has 0 aliphatic heterocycles. The number of rotatable bonds is 4. The van der Waals surface area contributed by atoms with Crippen molar-refractivity contribution in [1.82, 2.24) is 4.98 Å². The highest BCUT2D eigenvalue weighted by Gasteiger charge is 2.13. The van der Waals surface area contributed by atoms with E-state index in [0.717, 1.165) is 27.8 Å². The number of methoxy groups -OCH3 is 1. The summed E-state index contributed by atoms with van der Waals surface area (Å²) in [7, 11) is 1.53. The molecular weight excluding hydrogens is 388 g/mol. The number of anilines is 1. The van der Waals surface area contributed by atoms with Crippen molar-refractivity contribution in [1.29, 1.82) is 0 Å². The number of nitrogens with zero attached hydrogens (tertiary/aromatic N) is 1. The molecule has 29 heavy (non-hydrogen) atoms. The zero-order chi connectivity index (χ0) is 20.5. The number of aryl methyl sites for hydroxylation is 2. The summed E-state index contributed by atoms with van der Waals surface area (Å²) in [6.45, 7) is 4.03. The third-order valence-corrected chi connectivity index (χ3v) is 4.90. The van der Waals surface area contributed by atoms with Gasteiger partial charge in [-0.25, -0.2) is 4.98 Å². The first-order chi connectivity index (χ1) is 13.9. The summed E-state index contributed by atoms with van der Waals surface area (Å²) in [6.07, 6.45) is 0. The molecule has 5 nitrogen and oxygen atoms in total. The van der Waals surface area contributed by atoms with Crippen LogP contribution >= 0.6 is 11.6 Å². The van der Waals surface area contributed by atoms with Gasteiger partial charge in [-0.3, -0.25) is 4.79 Å². The predicted octanol–water partition coefficient (Wildman–Crippen LogP) is 6.03. The van der Waals surface area contributed by atoms with Crippen LogP contribution in [0.2, 0.25) is 5.02 Å². The average molecular weight is 407 g/mol. The van der Waals surface area contributed by atoms with Gasteiger partial charge in [-0.05, 0) is 67.4 Å². The second-order valence-corrected chi connectivity index (χ2v) is 7.24.